The van der Waals surface area contributed by atoms with Crippen LogP contribution in [0, 0.1) is 5.92 Å². The normalized spacial score (nSPS) is 20.6. The lowest BCUT2D eigenvalue weighted by molar-refractivity contribution is 0.0107. The smallest absolute Gasteiger partial charge is 0.227 e. The Kier molecular flexibility index (Phi) is 4.42. The Labute approximate surface area is 115 Å². The summed E-state index contributed by atoms with van der Waals surface area (Å²) in [6, 6.07) is 0. The summed E-state index contributed by atoms with van der Waals surface area (Å²) in [6.45, 7) is 7.74. The maximum Gasteiger partial charge on any atom is 0.227 e. The standard InChI is InChI=1S/C13H25N5O/c1-10(2)11-8-18(6-7-19-11)13-15-14-12(17(13)5)9-16(3)4/h10-11H,6-9H2,1-5H3/t11-/m0/s1. The van der Waals surface area contributed by atoms with Crippen molar-refractivity contribution in [3.63, 3.8) is 0 Å². The van der Waals surface area contributed by atoms with Crippen LogP contribution in [0.4, 0.5) is 5.95 Å². The molecule has 1 saturated heterocycles. The zero-order valence-corrected chi connectivity index (χ0v) is 12.6. The Hall–Kier alpha value is -1.14. The van der Waals surface area contributed by atoms with E-state index in [1.54, 1.807) is 0 Å². The third-order valence-electron chi connectivity index (χ3n) is 3.52. The summed E-state index contributed by atoms with van der Waals surface area (Å²) in [5.74, 6) is 2.47. The molecule has 1 aromatic heterocycles. The molecule has 0 radical (unpaired) electrons. The topological polar surface area (TPSA) is 46.4 Å². The highest BCUT2D eigenvalue weighted by Crippen LogP contribution is 2.19. The quantitative estimate of drug-likeness (QED) is 0.805. The van der Waals surface area contributed by atoms with Crippen molar-refractivity contribution >= 4 is 5.95 Å². The molecule has 1 aromatic rings. The highest BCUT2D eigenvalue weighted by atomic mass is 16.5. The number of anilines is 1. The molecular formula is C13H25N5O. The van der Waals surface area contributed by atoms with Gasteiger partial charge in [-0.25, -0.2) is 0 Å². The van der Waals surface area contributed by atoms with Gasteiger partial charge < -0.3 is 14.5 Å². The van der Waals surface area contributed by atoms with Gasteiger partial charge in [0.2, 0.25) is 5.95 Å². The molecule has 6 nitrogen and oxygen atoms in total. The van der Waals surface area contributed by atoms with Gasteiger partial charge in [-0.1, -0.05) is 13.8 Å². The first kappa shape index (κ1) is 14.3. The molecule has 0 saturated carbocycles. The minimum atomic E-state index is 0.280. The zero-order chi connectivity index (χ0) is 14.0. The Morgan fingerprint density at radius 3 is 2.74 bits per heavy atom. The van der Waals surface area contributed by atoms with E-state index in [1.165, 1.54) is 0 Å². The van der Waals surface area contributed by atoms with Gasteiger partial charge >= 0.3 is 0 Å². The fourth-order valence-electron chi connectivity index (χ4n) is 2.31. The van der Waals surface area contributed by atoms with Crippen LogP contribution in [0.5, 0.6) is 0 Å². The van der Waals surface area contributed by atoms with Gasteiger partial charge in [-0.2, -0.15) is 0 Å². The molecule has 1 fully saturated rings. The van der Waals surface area contributed by atoms with Crippen LogP contribution >= 0.6 is 0 Å². The Morgan fingerprint density at radius 2 is 2.11 bits per heavy atom. The lowest BCUT2D eigenvalue weighted by atomic mass is 10.1. The third-order valence-corrected chi connectivity index (χ3v) is 3.52. The Morgan fingerprint density at radius 1 is 1.37 bits per heavy atom. The van der Waals surface area contributed by atoms with Crippen molar-refractivity contribution in [1.82, 2.24) is 19.7 Å². The first-order chi connectivity index (χ1) is 8.99. The summed E-state index contributed by atoms with van der Waals surface area (Å²) in [6.07, 6.45) is 0.280. The van der Waals surface area contributed by atoms with Crippen LogP contribution in [-0.4, -0.2) is 59.6 Å². The molecule has 1 aliphatic rings. The first-order valence-electron chi connectivity index (χ1n) is 6.88. The third kappa shape index (κ3) is 3.25. The van der Waals surface area contributed by atoms with Crippen molar-refractivity contribution in [1.29, 1.82) is 0 Å². The van der Waals surface area contributed by atoms with Crippen LogP contribution in [0.25, 0.3) is 0 Å². The lowest BCUT2D eigenvalue weighted by Gasteiger charge is -2.35. The van der Waals surface area contributed by atoms with E-state index in [-0.39, 0.29) is 6.10 Å². The summed E-state index contributed by atoms with van der Waals surface area (Å²) in [7, 11) is 6.11. The predicted molar refractivity (Wildman–Crippen MR) is 75.2 cm³/mol. The first-order valence-corrected chi connectivity index (χ1v) is 6.88. The van der Waals surface area contributed by atoms with Gasteiger partial charge in [0.25, 0.3) is 0 Å². The molecular weight excluding hydrogens is 242 g/mol. The van der Waals surface area contributed by atoms with Crippen LogP contribution in [0.3, 0.4) is 0 Å². The number of morpholine rings is 1. The summed E-state index contributed by atoms with van der Waals surface area (Å²) < 4.78 is 7.88. The Balaban J connectivity index is 2.11. The zero-order valence-electron chi connectivity index (χ0n) is 12.6. The number of hydrogen-bond donors (Lipinski definition) is 0. The van der Waals surface area contributed by atoms with Crippen LogP contribution in [-0.2, 0) is 18.3 Å². The fraction of sp³-hybridized carbons (Fsp3) is 0.846. The molecule has 6 heteroatoms. The van der Waals surface area contributed by atoms with Gasteiger partial charge in [0.1, 0.15) is 5.82 Å². The van der Waals surface area contributed by atoms with Gasteiger partial charge in [0, 0.05) is 20.1 Å². The molecule has 0 aromatic carbocycles. The average Bonchev–Trinajstić information content (AvgIpc) is 2.70. The van der Waals surface area contributed by atoms with Gasteiger partial charge in [-0.3, -0.25) is 4.57 Å². The average molecular weight is 267 g/mol. The van der Waals surface area contributed by atoms with Crippen LogP contribution in [0.2, 0.25) is 0 Å². The molecule has 0 bridgehead atoms. The molecule has 19 heavy (non-hydrogen) atoms. The number of ether oxygens (including phenoxy) is 1. The molecule has 0 unspecified atom stereocenters. The van der Waals surface area contributed by atoms with Crippen molar-refractivity contribution in [2.24, 2.45) is 13.0 Å². The summed E-state index contributed by atoms with van der Waals surface area (Å²) in [5, 5.41) is 8.63. The van der Waals surface area contributed by atoms with Crippen molar-refractivity contribution < 1.29 is 4.74 Å². The van der Waals surface area contributed by atoms with Crippen LogP contribution in [0.15, 0.2) is 0 Å². The fourth-order valence-corrected chi connectivity index (χ4v) is 2.31. The van der Waals surface area contributed by atoms with E-state index >= 15 is 0 Å². The molecule has 1 atom stereocenters. The number of aromatic nitrogens is 3. The molecule has 108 valence electrons. The van der Waals surface area contributed by atoms with E-state index in [1.807, 2.05) is 21.1 Å². The van der Waals surface area contributed by atoms with E-state index in [0.29, 0.717) is 5.92 Å². The van der Waals surface area contributed by atoms with E-state index in [0.717, 1.165) is 38.0 Å². The highest BCUT2D eigenvalue weighted by molar-refractivity contribution is 5.31. The van der Waals surface area contributed by atoms with Gasteiger partial charge in [-0.15, -0.1) is 10.2 Å². The Bertz CT molecular complexity index is 415. The van der Waals surface area contributed by atoms with Crippen LogP contribution in [0.1, 0.15) is 19.7 Å². The summed E-state index contributed by atoms with van der Waals surface area (Å²) in [4.78, 5) is 4.38. The highest BCUT2D eigenvalue weighted by Gasteiger charge is 2.26. The van der Waals surface area contributed by atoms with Gasteiger partial charge in [-0.05, 0) is 20.0 Å². The maximum atomic E-state index is 5.79. The van der Waals surface area contributed by atoms with Crippen molar-refractivity contribution in [2.75, 3.05) is 38.7 Å². The maximum absolute atomic E-state index is 5.79. The largest absolute Gasteiger partial charge is 0.374 e. The second-order valence-electron chi connectivity index (χ2n) is 5.81. The molecule has 2 heterocycles. The molecule has 0 N–H and O–H groups in total. The SMILES string of the molecule is CC(C)[C@@H]1CN(c2nnc(CN(C)C)n2C)CCO1. The number of nitrogens with zero attached hydrogens (tertiary/aromatic N) is 5. The van der Waals surface area contributed by atoms with Crippen molar-refractivity contribution in [2.45, 2.75) is 26.5 Å². The molecule has 0 amide bonds. The number of hydrogen-bond acceptors (Lipinski definition) is 5. The van der Waals surface area contributed by atoms with E-state index < -0.39 is 0 Å². The molecule has 0 spiro atoms. The van der Waals surface area contributed by atoms with E-state index in [2.05, 4.69) is 38.4 Å². The van der Waals surface area contributed by atoms with Crippen molar-refractivity contribution in [3.05, 3.63) is 5.82 Å². The molecule has 1 aliphatic heterocycles. The minimum absolute atomic E-state index is 0.280. The van der Waals surface area contributed by atoms with Crippen molar-refractivity contribution in [3.8, 4) is 0 Å². The second kappa shape index (κ2) is 5.88. The molecule has 0 aliphatic carbocycles. The van der Waals surface area contributed by atoms with E-state index in [9.17, 15) is 0 Å². The lowest BCUT2D eigenvalue weighted by Crippen LogP contribution is -2.45. The summed E-state index contributed by atoms with van der Waals surface area (Å²) >= 11 is 0. The minimum Gasteiger partial charge on any atom is -0.374 e. The second-order valence-corrected chi connectivity index (χ2v) is 5.81. The predicted octanol–water partition coefficient (Wildman–Crippen LogP) is 0.738. The molecule has 2 rings (SSSR count). The van der Waals surface area contributed by atoms with Crippen LogP contribution < -0.4 is 4.90 Å². The van der Waals surface area contributed by atoms with Gasteiger partial charge in [0.05, 0.1) is 19.3 Å². The monoisotopic (exact) mass is 267 g/mol. The number of rotatable bonds is 4. The van der Waals surface area contributed by atoms with Gasteiger partial charge in [0.15, 0.2) is 0 Å². The van der Waals surface area contributed by atoms with E-state index in [4.69, 9.17) is 4.74 Å². The summed E-state index contributed by atoms with van der Waals surface area (Å²) in [5.41, 5.74) is 0.